The number of carbonyl (C=O) groups excluding carboxylic acids is 1. The number of aliphatic imine (C=N–C) groups is 1. The summed E-state index contributed by atoms with van der Waals surface area (Å²) in [4.78, 5) is 22.8. The molecule has 1 N–H and O–H groups in total. The standard InChI is InChI=1S/C25H34ClFN4O3/c1-29-16-21(26)13-28-25(29)30-8-6-18(7-9-30)3-2-10-34-22-5-4-20(23(27)12-22)11-24(33)31-14-19(15-31)17-32/h4-5,12-13,18-19,32H,2-3,6-11,14-17H2,1H3. The van der Waals surface area contributed by atoms with Gasteiger partial charge < -0.3 is 24.5 Å². The highest BCUT2D eigenvalue weighted by atomic mass is 35.5. The molecule has 3 aliphatic heterocycles. The maximum atomic E-state index is 14.5. The number of likely N-dealkylation sites (N-methyl/N-ethyl adjacent to an activating group) is 1. The highest BCUT2D eigenvalue weighted by molar-refractivity contribution is 6.30. The van der Waals surface area contributed by atoms with Crippen LogP contribution in [-0.2, 0) is 11.2 Å². The van der Waals surface area contributed by atoms with Crippen LogP contribution in [0.2, 0.25) is 0 Å². The first-order chi connectivity index (χ1) is 16.4. The minimum Gasteiger partial charge on any atom is -0.493 e. The van der Waals surface area contributed by atoms with E-state index in [0.717, 1.165) is 49.8 Å². The van der Waals surface area contributed by atoms with Crippen molar-refractivity contribution >= 4 is 23.5 Å². The van der Waals surface area contributed by atoms with Crippen LogP contribution in [-0.4, -0.2) is 84.7 Å². The lowest BCUT2D eigenvalue weighted by Crippen LogP contribution is -2.51. The maximum absolute atomic E-state index is 14.5. The molecule has 1 aromatic carbocycles. The number of halogens is 2. The Kier molecular flexibility index (Phi) is 8.32. The van der Waals surface area contributed by atoms with Crippen LogP contribution in [0.1, 0.15) is 31.2 Å². The van der Waals surface area contributed by atoms with Crippen molar-refractivity contribution in [1.29, 1.82) is 0 Å². The summed E-state index contributed by atoms with van der Waals surface area (Å²) < 4.78 is 20.2. The molecule has 34 heavy (non-hydrogen) atoms. The number of likely N-dealkylation sites (tertiary alicyclic amines) is 2. The van der Waals surface area contributed by atoms with Gasteiger partial charge in [0.25, 0.3) is 0 Å². The zero-order valence-electron chi connectivity index (χ0n) is 19.8. The fraction of sp³-hybridized carbons (Fsp3) is 0.600. The minimum absolute atomic E-state index is 0.0362. The van der Waals surface area contributed by atoms with Gasteiger partial charge in [0.2, 0.25) is 11.9 Å². The minimum atomic E-state index is -0.413. The van der Waals surface area contributed by atoms with E-state index >= 15 is 0 Å². The Morgan fingerprint density at radius 2 is 2.03 bits per heavy atom. The third-order valence-electron chi connectivity index (χ3n) is 6.91. The molecule has 0 saturated carbocycles. The number of hydrogen-bond donors (Lipinski definition) is 1. The van der Waals surface area contributed by atoms with Gasteiger partial charge >= 0.3 is 0 Å². The molecule has 3 heterocycles. The van der Waals surface area contributed by atoms with Crippen molar-refractivity contribution in [3.05, 3.63) is 40.8 Å². The molecule has 0 aromatic heterocycles. The predicted molar refractivity (Wildman–Crippen MR) is 130 cm³/mol. The van der Waals surface area contributed by atoms with Gasteiger partial charge in [0.1, 0.15) is 11.6 Å². The fourth-order valence-electron chi connectivity index (χ4n) is 4.80. The largest absolute Gasteiger partial charge is 0.493 e. The van der Waals surface area contributed by atoms with Crippen molar-refractivity contribution in [2.24, 2.45) is 16.8 Å². The summed E-state index contributed by atoms with van der Waals surface area (Å²) in [6, 6.07) is 4.74. The first kappa shape index (κ1) is 24.8. The quantitative estimate of drug-likeness (QED) is 0.565. The molecule has 186 valence electrons. The van der Waals surface area contributed by atoms with Crippen molar-refractivity contribution < 1.29 is 19.0 Å². The fourth-order valence-corrected chi connectivity index (χ4v) is 5.02. The Balaban J connectivity index is 1.14. The third kappa shape index (κ3) is 6.21. The van der Waals surface area contributed by atoms with Crippen molar-refractivity contribution in [3.63, 3.8) is 0 Å². The number of benzene rings is 1. The number of guanidine groups is 1. The molecular formula is C25H34ClFN4O3. The molecule has 7 nitrogen and oxygen atoms in total. The predicted octanol–water partition coefficient (Wildman–Crippen LogP) is 3.07. The van der Waals surface area contributed by atoms with Gasteiger partial charge in [0.15, 0.2) is 0 Å². The normalized spacial score (nSPS) is 19.6. The lowest BCUT2D eigenvalue weighted by atomic mass is 9.92. The summed E-state index contributed by atoms with van der Waals surface area (Å²) in [7, 11) is 2.02. The monoisotopic (exact) mass is 492 g/mol. The molecule has 1 amide bonds. The Hall–Kier alpha value is -2.32. The summed E-state index contributed by atoms with van der Waals surface area (Å²) in [6.07, 6.45) is 6.03. The van der Waals surface area contributed by atoms with Gasteiger partial charge in [-0.25, -0.2) is 9.38 Å². The van der Waals surface area contributed by atoms with Gasteiger partial charge in [0, 0.05) is 58.0 Å². The van der Waals surface area contributed by atoms with Crippen molar-refractivity contribution in [2.45, 2.75) is 32.1 Å². The van der Waals surface area contributed by atoms with Crippen LogP contribution in [0.4, 0.5) is 4.39 Å². The molecule has 0 unspecified atom stereocenters. The van der Waals surface area contributed by atoms with Crippen molar-refractivity contribution in [1.82, 2.24) is 14.7 Å². The van der Waals surface area contributed by atoms with E-state index in [1.807, 2.05) is 7.05 Å². The van der Waals surface area contributed by atoms with Gasteiger partial charge in [-0.15, -0.1) is 0 Å². The molecule has 2 saturated heterocycles. The van der Waals surface area contributed by atoms with Gasteiger partial charge in [-0.1, -0.05) is 17.7 Å². The van der Waals surface area contributed by atoms with E-state index in [1.54, 1.807) is 23.2 Å². The highest BCUT2D eigenvalue weighted by Gasteiger charge is 2.30. The second-order valence-electron chi connectivity index (χ2n) is 9.56. The molecule has 2 fully saturated rings. The van der Waals surface area contributed by atoms with E-state index < -0.39 is 5.82 Å². The summed E-state index contributed by atoms with van der Waals surface area (Å²) in [5, 5.41) is 9.82. The summed E-state index contributed by atoms with van der Waals surface area (Å²) in [5.74, 6) is 1.79. The number of rotatable bonds is 8. The number of piperidine rings is 1. The average molecular weight is 493 g/mol. The Bertz CT molecular complexity index is 927. The molecule has 1 aromatic rings. The molecule has 4 rings (SSSR count). The van der Waals surface area contributed by atoms with E-state index in [0.29, 0.717) is 43.5 Å². The number of aliphatic hydroxyl groups is 1. The molecule has 0 radical (unpaired) electrons. The number of aliphatic hydroxyl groups excluding tert-OH is 1. The van der Waals surface area contributed by atoms with Crippen molar-refractivity contribution in [2.75, 3.05) is 53.0 Å². The molecule has 0 spiro atoms. The summed E-state index contributed by atoms with van der Waals surface area (Å²) in [6.45, 7) is 4.42. The molecule has 3 aliphatic rings. The number of carbonyl (C=O) groups is 1. The van der Waals surface area contributed by atoms with Crippen LogP contribution in [0.3, 0.4) is 0 Å². The van der Waals surface area contributed by atoms with E-state index in [-0.39, 0.29) is 24.9 Å². The number of ether oxygens (including phenoxy) is 1. The van der Waals surface area contributed by atoms with E-state index in [1.165, 1.54) is 6.07 Å². The maximum Gasteiger partial charge on any atom is 0.227 e. The first-order valence-corrected chi connectivity index (χ1v) is 12.5. The Labute approximate surface area is 205 Å². The van der Waals surface area contributed by atoms with Crippen molar-refractivity contribution in [3.8, 4) is 5.75 Å². The summed E-state index contributed by atoms with van der Waals surface area (Å²) in [5.41, 5.74) is 0.377. The number of amides is 1. The molecular weight excluding hydrogens is 459 g/mol. The molecule has 9 heteroatoms. The Morgan fingerprint density at radius 3 is 2.71 bits per heavy atom. The molecule has 0 aliphatic carbocycles. The van der Waals surface area contributed by atoms with Gasteiger partial charge in [-0.05, 0) is 43.2 Å². The topological polar surface area (TPSA) is 68.6 Å². The number of nitrogens with zero attached hydrogens (tertiary/aromatic N) is 4. The van der Waals surface area contributed by atoms with E-state index in [4.69, 9.17) is 21.4 Å². The zero-order chi connectivity index (χ0) is 24.1. The smallest absolute Gasteiger partial charge is 0.227 e. The summed E-state index contributed by atoms with van der Waals surface area (Å²) >= 11 is 6.06. The van der Waals surface area contributed by atoms with E-state index in [9.17, 15) is 9.18 Å². The van der Waals surface area contributed by atoms with Crippen LogP contribution in [0.25, 0.3) is 0 Å². The molecule has 0 atom stereocenters. The number of hydrogen-bond acceptors (Lipinski definition) is 6. The third-order valence-corrected chi connectivity index (χ3v) is 7.12. The SMILES string of the molecule is CN1CC(Cl)=CN=C1N1CCC(CCCOc2ccc(CC(=O)N3CC(CO)C3)c(F)c2)CC1. The van der Waals surface area contributed by atoms with Crippen LogP contribution in [0.15, 0.2) is 34.4 Å². The zero-order valence-corrected chi connectivity index (χ0v) is 20.5. The van der Waals surface area contributed by atoms with Gasteiger partial charge in [0.05, 0.1) is 24.6 Å². The van der Waals surface area contributed by atoms with Crippen LogP contribution >= 0.6 is 11.6 Å². The highest BCUT2D eigenvalue weighted by Crippen LogP contribution is 2.25. The van der Waals surface area contributed by atoms with Crippen LogP contribution < -0.4 is 4.74 Å². The first-order valence-electron chi connectivity index (χ1n) is 12.1. The average Bonchev–Trinajstić information content (AvgIpc) is 2.78. The lowest BCUT2D eigenvalue weighted by molar-refractivity contribution is -0.137. The van der Waals surface area contributed by atoms with E-state index in [2.05, 4.69) is 14.8 Å². The van der Waals surface area contributed by atoms with Gasteiger partial charge in [-0.2, -0.15) is 0 Å². The molecule has 0 bridgehead atoms. The second kappa shape index (κ2) is 11.4. The second-order valence-corrected chi connectivity index (χ2v) is 10.0. The van der Waals surface area contributed by atoms with Crippen LogP contribution in [0, 0.1) is 17.7 Å². The van der Waals surface area contributed by atoms with Gasteiger partial charge in [-0.3, -0.25) is 4.79 Å². The Morgan fingerprint density at radius 1 is 1.26 bits per heavy atom. The lowest BCUT2D eigenvalue weighted by Gasteiger charge is -2.38. The van der Waals surface area contributed by atoms with Crippen LogP contribution in [0.5, 0.6) is 5.75 Å².